The Hall–Kier alpha value is -1.42. The number of benzene rings is 1. The van der Waals surface area contributed by atoms with Gasteiger partial charge in [-0.1, -0.05) is 31.4 Å². The van der Waals surface area contributed by atoms with Gasteiger partial charge in [-0.05, 0) is 30.7 Å². The first kappa shape index (κ1) is 13.0. The number of nitrogens with two attached hydrogens (primary N) is 1. The van der Waals surface area contributed by atoms with Gasteiger partial charge in [-0.15, -0.1) is 0 Å². The molecule has 2 rings (SSSR count). The molecule has 0 aliphatic heterocycles. The molecule has 2 N–H and O–H groups in total. The van der Waals surface area contributed by atoms with Gasteiger partial charge < -0.3 is 5.73 Å². The molecule has 1 aromatic rings. The quantitative estimate of drug-likeness (QED) is 0.508. The van der Waals surface area contributed by atoms with Crippen molar-refractivity contribution in [3.05, 3.63) is 39.9 Å². The Balaban J connectivity index is 2.01. The molecule has 0 aromatic heterocycles. The summed E-state index contributed by atoms with van der Waals surface area (Å²) in [5.41, 5.74) is 7.51. The van der Waals surface area contributed by atoms with Crippen molar-refractivity contribution in [1.29, 1.82) is 0 Å². The predicted octanol–water partition coefficient (Wildman–Crippen LogP) is 3.04. The van der Waals surface area contributed by atoms with E-state index in [1.807, 2.05) is 12.1 Å². The van der Waals surface area contributed by atoms with Crippen LogP contribution in [0.5, 0.6) is 0 Å². The van der Waals surface area contributed by atoms with Gasteiger partial charge in [0.2, 0.25) is 0 Å². The highest BCUT2D eigenvalue weighted by atomic mass is 16.6. The lowest BCUT2D eigenvalue weighted by Gasteiger charge is -2.21. The maximum atomic E-state index is 10.6. The van der Waals surface area contributed by atoms with Crippen molar-refractivity contribution in [3.8, 4) is 0 Å². The van der Waals surface area contributed by atoms with Gasteiger partial charge in [0, 0.05) is 18.2 Å². The molecule has 0 bridgehead atoms. The molecule has 1 aliphatic rings. The zero-order valence-corrected chi connectivity index (χ0v) is 10.5. The monoisotopic (exact) mass is 248 g/mol. The van der Waals surface area contributed by atoms with E-state index < -0.39 is 0 Å². The lowest BCUT2D eigenvalue weighted by atomic mass is 9.89. The fourth-order valence-electron chi connectivity index (χ4n) is 2.72. The highest BCUT2D eigenvalue weighted by molar-refractivity contribution is 5.33. The van der Waals surface area contributed by atoms with E-state index in [-0.39, 0.29) is 16.7 Å². The Kier molecular flexibility index (Phi) is 4.31. The zero-order valence-electron chi connectivity index (χ0n) is 10.5. The minimum atomic E-state index is -0.360. The molecule has 0 saturated heterocycles. The van der Waals surface area contributed by atoms with Crippen LogP contribution in [0.4, 0.5) is 5.69 Å². The number of nitro groups is 1. The highest BCUT2D eigenvalue weighted by Gasteiger charge is 2.20. The largest absolute Gasteiger partial charge is 0.327 e. The van der Waals surface area contributed by atoms with Crippen LogP contribution in [0.3, 0.4) is 0 Å². The molecular weight excluding hydrogens is 228 g/mol. The lowest BCUT2D eigenvalue weighted by molar-refractivity contribution is -0.384. The van der Waals surface area contributed by atoms with E-state index in [1.165, 1.54) is 25.7 Å². The van der Waals surface area contributed by atoms with Gasteiger partial charge in [-0.3, -0.25) is 10.1 Å². The van der Waals surface area contributed by atoms with Gasteiger partial charge in [-0.2, -0.15) is 0 Å². The van der Waals surface area contributed by atoms with Crippen LogP contribution >= 0.6 is 0 Å². The summed E-state index contributed by atoms with van der Waals surface area (Å²) in [6.07, 6.45) is 7.00. The summed E-state index contributed by atoms with van der Waals surface area (Å²) in [5.74, 6) is 0.522. The maximum Gasteiger partial charge on any atom is 0.269 e. The maximum absolute atomic E-state index is 10.6. The molecule has 18 heavy (non-hydrogen) atoms. The smallest absolute Gasteiger partial charge is 0.269 e. The van der Waals surface area contributed by atoms with Crippen LogP contribution in [0.1, 0.15) is 37.7 Å². The molecule has 1 aliphatic carbocycles. The van der Waals surface area contributed by atoms with Crippen molar-refractivity contribution >= 4 is 5.69 Å². The fraction of sp³-hybridized carbons (Fsp3) is 0.571. The third kappa shape index (κ3) is 3.29. The number of hydrogen-bond donors (Lipinski definition) is 1. The van der Waals surface area contributed by atoms with Crippen LogP contribution in [0.15, 0.2) is 24.3 Å². The lowest BCUT2D eigenvalue weighted by Crippen LogP contribution is -2.30. The average molecular weight is 248 g/mol. The molecule has 0 amide bonds. The zero-order chi connectivity index (χ0) is 13.0. The molecule has 4 heteroatoms. The van der Waals surface area contributed by atoms with Gasteiger partial charge in [0.25, 0.3) is 5.69 Å². The van der Waals surface area contributed by atoms with E-state index in [0.717, 1.165) is 18.4 Å². The summed E-state index contributed by atoms with van der Waals surface area (Å²) in [7, 11) is 0. The molecule has 0 radical (unpaired) electrons. The van der Waals surface area contributed by atoms with Crippen LogP contribution in [0, 0.1) is 16.0 Å². The minimum Gasteiger partial charge on any atom is -0.327 e. The summed E-state index contributed by atoms with van der Waals surface area (Å²) >= 11 is 0. The Labute approximate surface area is 107 Å². The molecule has 4 nitrogen and oxygen atoms in total. The van der Waals surface area contributed by atoms with Gasteiger partial charge in [0.15, 0.2) is 0 Å². The average Bonchev–Trinajstić information content (AvgIpc) is 2.56. The first-order chi connectivity index (χ1) is 8.66. The van der Waals surface area contributed by atoms with Gasteiger partial charge in [0.05, 0.1) is 4.92 Å². The highest BCUT2D eigenvalue weighted by Crippen LogP contribution is 2.26. The Morgan fingerprint density at radius 1 is 1.17 bits per heavy atom. The minimum absolute atomic E-state index is 0.156. The number of nitrogens with zero attached hydrogens (tertiary/aromatic N) is 1. The first-order valence-corrected chi connectivity index (χ1v) is 6.66. The number of hydrogen-bond acceptors (Lipinski definition) is 3. The van der Waals surface area contributed by atoms with E-state index in [1.54, 1.807) is 12.1 Å². The third-order valence-corrected chi connectivity index (χ3v) is 3.86. The van der Waals surface area contributed by atoms with E-state index in [0.29, 0.717) is 5.92 Å². The van der Waals surface area contributed by atoms with Crippen molar-refractivity contribution < 1.29 is 4.92 Å². The molecule has 0 heterocycles. The molecular formula is C14H20N2O2. The standard InChI is InChI=1S/C14H20N2O2/c15-14-5-3-1-2-4-12(14)10-11-6-8-13(9-7-11)16(17)18/h6-9,12,14H,1-5,10,15H2. The number of rotatable bonds is 3. The molecule has 0 spiro atoms. The summed E-state index contributed by atoms with van der Waals surface area (Å²) in [6, 6.07) is 7.16. The number of nitro benzene ring substituents is 1. The van der Waals surface area contributed by atoms with Crippen molar-refractivity contribution in [1.82, 2.24) is 0 Å². The van der Waals surface area contributed by atoms with E-state index in [2.05, 4.69) is 0 Å². The van der Waals surface area contributed by atoms with Crippen molar-refractivity contribution in [2.24, 2.45) is 11.7 Å². The van der Waals surface area contributed by atoms with Crippen molar-refractivity contribution in [2.45, 2.75) is 44.6 Å². The first-order valence-electron chi connectivity index (χ1n) is 6.66. The Morgan fingerprint density at radius 3 is 2.50 bits per heavy atom. The van der Waals surface area contributed by atoms with Gasteiger partial charge in [0.1, 0.15) is 0 Å². The Morgan fingerprint density at radius 2 is 1.83 bits per heavy atom. The molecule has 2 unspecified atom stereocenters. The fourth-order valence-corrected chi connectivity index (χ4v) is 2.72. The normalized spacial score (nSPS) is 24.5. The van der Waals surface area contributed by atoms with Crippen molar-refractivity contribution in [3.63, 3.8) is 0 Å². The van der Waals surface area contributed by atoms with E-state index >= 15 is 0 Å². The summed E-state index contributed by atoms with van der Waals surface area (Å²) in [5, 5.41) is 10.6. The van der Waals surface area contributed by atoms with Gasteiger partial charge >= 0.3 is 0 Å². The van der Waals surface area contributed by atoms with Crippen LogP contribution in [-0.4, -0.2) is 11.0 Å². The topological polar surface area (TPSA) is 69.2 Å². The van der Waals surface area contributed by atoms with Crippen LogP contribution in [0.25, 0.3) is 0 Å². The molecule has 98 valence electrons. The SMILES string of the molecule is NC1CCCCCC1Cc1ccc([N+](=O)[O-])cc1. The summed E-state index contributed by atoms with van der Waals surface area (Å²) in [6.45, 7) is 0. The summed E-state index contributed by atoms with van der Waals surface area (Å²) in [4.78, 5) is 10.2. The van der Waals surface area contributed by atoms with Crippen molar-refractivity contribution in [2.75, 3.05) is 0 Å². The molecule has 1 aromatic carbocycles. The second-order valence-corrected chi connectivity index (χ2v) is 5.19. The summed E-state index contributed by atoms with van der Waals surface area (Å²) < 4.78 is 0. The molecule has 2 atom stereocenters. The van der Waals surface area contributed by atoms with E-state index in [9.17, 15) is 10.1 Å². The Bertz CT molecular complexity index is 403. The van der Waals surface area contributed by atoms with Crippen LogP contribution in [-0.2, 0) is 6.42 Å². The third-order valence-electron chi connectivity index (χ3n) is 3.86. The van der Waals surface area contributed by atoms with E-state index in [4.69, 9.17) is 5.73 Å². The number of non-ortho nitro benzene ring substituents is 1. The molecule has 1 saturated carbocycles. The van der Waals surface area contributed by atoms with Crippen LogP contribution < -0.4 is 5.73 Å². The predicted molar refractivity (Wildman–Crippen MR) is 71.4 cm³/mol. The van der Waals surface area contributed by atoms with Crippen LogP contribution in [0.2, 0.25) is 0 Å². The second-order valence-electron chi connectivity index (χ2n) is 5.19. The molecule has 1 fully saturated rings. The van der Waals surface area contributed by atoms with Gasteiger partial charge in [-0.25, -0.2) is 0 Å². The second kappa shape index (κ2) is 5.96.